The van der Waals surface area contributed by atoms with Crippen LogP contribution in [0.5, 0.6) is 5.75 Å². The molecule has 2 aromatic rings. The molecule has 0 saturated heterocycles. The van der Waals surface area contributed by atoms with E-state index in [2.05, 4.69) is 4.74 Å². The zero-order valence-electron chi connectivity index (χ0n) is 13.6. The van der Waals surface area contributed by atoms with E-state index in [0.29, 0.717) is 18.2 Å². The molecular weight excluding hydrogens is 418 g/mol. The molecule has 0 unspecified atom stereocenters. The minimum atomic E-state index is -5.23. The van der Waals surface area contributed by atoms with Crippen molar-refractivity contribution in [3.05, 3.63) is 73.3 Å². The fourth-order valence-electron chi connectivity index (χ4n) is 2.08. The van der Waals surface area contributed by atoms with Crippen molar-refractivity contribution in [2.75, 3.05) is 0 Å². The van der Waals surface area contributed by atoms with Crippen LogP contribution >= 0.6 is 0 Å². The van der Waals surface area contributed by atoms with E-state index in [4.69, 9.17) is 0 Å². The van der Waals surface area contributed by atoms with Crippen LogP contribution in [0.1, 0.15) is 21.5 Å². The number of esters is 1. The lowest BCUT2D eigenvalue weighted by Gasteiger charge is -2.13. The summed E-state index contributed by atoms with van der Waals surface area (Å²) in [7, 11) is 0. The van der Waals surface area contributed by atoms with Gasteiger partial charge < -0.3 is 4.74 Å². The highest BCUT2D eigenvalue weighted by atomic mass is 19.4. The van der Waals surface area contributed by atoms with Crippen molar-refractivity contribution in [3.63, 3.8) is 0 Å². The lowest BCUT2D eigenvalue weighted by Crippen LogP contribution is -2.16. The number of benzene rings is 2. The Kier molecular flexibility index (Phi) is 5.48. The number of carbonyl (C=O) groups excluding carboxylic acids is 1. The zero-order chi connectivity index (χ0) is 22.1. The molecule has 29 heavy (non-hydrogen) atoms. The Morgan fingerprint density at radius 2 is 1.34 bits per heavy atom. The molecule has 0 aliphatic heterocycles. The van der Waals surface area contributed by atoms with E-state index in [0.717, 1.165) is 0 Å². The maximum Gasteiger partial charge on any atom is 0.416 e. The predicted octanol–water partition coefficient (Wildman–Crippen LogP) is 4.76. The molecule has 0 aliphatic carbocycles. The standard InChI is InChI=1S/C15H6F6N2O6/c16-14(17,18)8-3-7(4-9(5-8)15(19,20)21)13(24)29-12-2-1-10(22(25)26)6-11(12)23(27)28/h1-6H. The van der Waals surface area contributed by atoms with E-state index in [1.54, 1.807) is 0 Å². The van der Waals surface area contributed by atoms with Gasteiger partial charge in [0.25, 0.3) is 5.69 Å². The van der Waals surface area contributed by atoms with Gasteiger partial charge in [0.05, 0.1) is 32.6 Å². The average molecular weight is 424 g/mol. The lowest BCUT2D eigenvalue weighted by atomic mass is 10.0. The SMILES string of the molecule is O=C(Oc1ccc([N+](=O)[O-])cc1[N+](=O)[O-])c1cc(C(F)(F)F)cc(C(F)(F)F)c1. The summed E-state index contributed by atoms with van der Waals surface area (Å²) >= 11 is 0. The molecule has 0 amide bonds. The van der Waals surface area contributed by atoms with Gasteiger partial charge in [0, 0.05) is 6.07 Å². The van der Waals surface area contributed by atoms with E-state index in [1.807, 2.05) is 0 Å². The van der Waals surface area contributed by atoms with Crippen LogP contribution < -0.4 is 4.74 Å². The first-order valence-corrected chi connectivity index (χ1v) is 7.14. The summed E-state index contributed by atoms with van der Waals surface area (Å²) in [6.07, 6.45) is -10.5. The molecule has 0 aliphatic rings. The molecule has 0 radical (unpaired) electrons. The van der Waals surface area contributed by atoms with Crippen LogP contribution in [-0.4, -0.2) is 15.8 Å². The summed E-state index contributed by atoms with van der Waals surface area (Å²) in [5.41, 5.74) is -6.61. The van der Waals surface area contributed by atoms with Gasteiger partial charge in [-0.05, 0) is 24.3 Å². The van der Waals surface area contributed by atoms with Crippen molar-refractivity contribution in [3.8, 4) is 5.75 Å². The molecule has 154 valence electrons. The van der Waals surface area contributed by atoms with Gasteiger partial charge in [-0.15, -0.1) is 0 Å². The quantitative estimate of drug-likeness (QED) is 0.230. The molecule has 0 N–H and O–H groups in total. The Morgan fingerprint density at radius 1 is 0.828 bits per heavy atom. The highest BCUT2D eigenvalue weighted by molar-refractivity contribution is 5.92. The van der Waals surface area contributed by atoms with Crippen molar-refractivity contribution in [1.82, 2.24) is 0 Å². The van der Waals surface area contributed by atoms with E-state index < -0.39 is 62.0 Å². The molecule has 8 nitrogen and oxygen atoms in total. The molecule has 0 aromatic heterocycles. The van der Waals surface area contributed by atoms with Crippen molar-refractivity contribution < 1.29 is 45.7 Å². The molecule has 0 atom stereocenters. The number of ether oxygens (including phenoxy) is 1. The molecule has 0 saturated carbocycles. The third kappa shape index (κ3) is 4.97. The van der Waals surface area contributed by atoms with Gasteiger partial charge in [0.15, 0.2) is 0 Å². The predicted molar refractivity (Wildman–Crippen MR) is 81.2 cm³/mol. The lowest BCUT2D eigenvalue weighted by molar-refractivity contribution is -0.394. The number of nitrogens with zero attached hydrogens (tertiary/aromatic N) is 2. The maximum absolute atomic E-state index is 12.8. The molecule has 0 bridgehead atoms. The first-order valence-electron chi connectivity index (χ1n) is 7.14. The third-order valence-electron chi connectivity index (χ3n) is 3.38. The van der Waals surface area contributed by atoms with Crippen LogP contribution in [0.3, 0.4) is 0 Å². The van der Waals surface area contributed by atoms with Gasteiger partial charge in [-0.1, -0.05) is 0 Å². The number of halogens is 6. The van der Waals surface area contributed by atoms with Crippen LogP contribution in [0.4, 0.5) is 37.7 Å². The largest absolute Gasteiger partial charge is 0.416 e. The van der Waals surface area contributed by atoms with Crippen LogP contribution in [0.2, 0.25) is 0 Å². The Hall–Kier alpha value is -3.71. The van der Waals surface area contributed by atoms with Crippen LogP contribution in [0.25, 0.3) is 0 Å². The van der Waals surface area contributed by atoms with Gasteiger partial charge in [-0.3, -0.25) is 20.2 Å². The summed E-state index contributed by atoms with van der Waals surface area (Å²) in [6, 6.07) is 1.67. The Morgan fingerprint density at radius 3 is 1.76 bits per heavy atom. The summed E-state index contributed by atoms with van der Waals surface area (Å²) < 4.78 is 81.6. The maximum atomic E-state index is 12.8. The smallest absolute Gasteiger partial charge is 0.416 e. The van der Waals surface area contributed by atoms with Gasteiger partial charge in [-0.2, -0.15) is 26.3 Å². The molecular formula is C15H6F6N2O6. The molecule has 0 fully saturated rings. The number of nitro groups is 2. The number of nitro benzene ring substituents is 2. The van der Waals surface area contributed by atoms with Crippen molar-refractivity contribution >= 4 is 17.3 Å². The number of non-ortho nitro benzene ring substituents is 1. The topological polar surface area (TPSA) is 113 Å². The van der Waals surface area contributed by atoms with Gasteiger partial charge in [0.1, 0.15) is 0 Å². The molecule has 0 heterocycles. The highest BCUT2D eigenvalue weighted by Gasteiger charge is 2.38. The summed E-state index contributed by atoms with van der Waals surface area (Å²) in [5.74, 6) is -2.67. The molecule has 14 heteroatoms. The third-order valence-corrected chi connectivity index (χ3v) is 3.38. The van der Waals surface area contributed by atoms with Crippen LogP contribution in [0, 0.1) is 20.2 Å². The summed E-state index contributed by atoms with van der Waals surface area (Å²) in [4.78, 5) is 31.5. The Balaban J connectivity index is 2.51. The molecule has 2 rings (SSSR count). The number of carbonyl (C=O) groups is 1. The minimum Gasteiger partial charge on any atom is -0.416 e. The van der Waals surface area contributed by atoms with Crippen molar-refractivity contribution in [1.29, 1.82) is 0 Å². The fraction of sp³-hybridized carbons (Fsp3) is 0.133. The van der Waals surface area contributed by atoms with Gasteiger partial charge >= 0.3 is 24.0 Å². The second-order valence-corrected chi connectivity index (χ2v) is 5.35. The zero-order valence-corrected chi connectivity index (χ0v) is 13.6. The van der Waals surface area contributed by atoms with Crippen LogP contribution in [-0.2, 0) is 12.4 Å². The number of alkyl halides is 6. The highest BCUT2D eigenvalue weighted by Crippen LogP contribution is 2.37. The normalized spacial score (nSPS) is 11.8. The molecule has 0 spiro atoms. The minimum absolute atomic E-state index is 0.0782. The Bertz CT molecular complexity index is 970. The Labute approximate surface area is 155 Å². The fourth-order valence-corrected chi connectivity index (χ4v) is 2.08. The van der Waals surface area contributed by atoms with Crippen LogP contribution in [0.15, 0.2) is 36.4 Å². The van der Waals surface area contributed by atoms with E-state index in [9.17, 15) is 51.4 Å². The summed E-state index contributed by atoms with van der Waals surface area (Å²) in [5, 5.41) is 21.6. The monoisotopic (exact) mass is 424 g/mol. The van der Waals surface area contributed by atoms with E-state index in [-0.39, 0.29) is 18.2 Å². The average Bonchev–Trinajstić information content (AvgIpc) is 2.59. The molecule has 2 aromatic carbocycles. The summed E-state index contributed by atoms with van der Waals surface area (Å²) in [6.45, 7) is 0. The van der Waals surface area contributed by atoms with Gasteiger partial charge in [-0.25, -0.2) is 4.79 Å². The number of rotatable bonds is 4. The first-order chi connectivity index (χ1) is 13.2. The van der Waals surface area contributed by atoms with Gasteiger partial charge in [0.2, 0.25) is 5.75 Å². The number of hydrogen-bond acceptors (Lipinski definition) is 6. The van der Waals surface area contributed by atoms with Crippen molar-refractivity contribution in [2.24, 2.45) is 0 Å². The number of hydrogen-bond donors (Lipinski definition) is 0. The van der Waals surface area contributed by atoms with E-state index >= 15 is 0 Å². The second-order valence-electron chi connectivity index (χ2n) is 5.35. The second kappa shape index (κ2) is 7.37. The first kappa shape index (κ1) is 21.6. The van der Waals surface area contributed by atoms with Crippen molar-refractivity contribution in [2.45, 2.75) is 12.4 Å². The van der Waals surface area contributed by atoms with E-state index in [1.165, 1.54) is 0 Å².